The number of aromatic amines is 2. The zero-order valence-corrected chi connectivity index (χ0v) is 23.2. The highest BCUT2D eigenvalue weighted by molar-refractivity contribution is 5.94. The van der Waals surface area contributed by atoms with E-state index in [1.54, 1.807) is 12.4 Å². The van der Waals surface area contributed by atoms with Crippen LogP contribution in [0.3, 0.4) is 0 Å². The van der Waals surface area contributed by atoms with E-state index in [0.717, 1.165) is 49.3 Å². The predicted octanol–water partition coefficient (Wildman–Crippen LogP) is 4.99. The minimum atomic E-state index is 0.188. The van der Waals surface area contributed by atoms with Gasteiger partial charge in [0.05, 0.1) is 13.1 Å². The third-order valence-electron chi connectivity index (χ3n) is 9.39. The van der Waals surface area contributed by atoms with Crippen LogP contribution in [-0.2, 0) is 19.6 Å². The van der Waals surface area contributed by atoms with Gasteiger partial charge in [-0.15, -0.1) is 0 Å². The first-order chi connectivity index (χ1) is 19.2. The Morgan fingerprint density at radius 2 is 1.46 bits per heavy atom. The van der Waals surface area contributed by atoms with Crippen molar-refractivity contribution in [2.45, 2.75) is 83.5 Å². The number of rotatable bonds is 8. The number of benzene rings is 1. The molecule has 1 amide bonds. The van der Waals surface area contributed by atoms with E-state index in [1.807, 2.05) is 24.5 Å². The molecule has 0 bridgehead atoms. The molecule has 1 aliphatic carbocycles. The van der Waals surface area contributed by atoms with Crippen molar-refractivity contribution >= 4 is 5.91 Å². The van der Waals surface area contributed by atoms with E-state index >= 15 is 0 Å². The Hall–Kier alpha value is -2.97. The molecule has 208 valence electrons. The number of carbonyl (C=O) groups is 1. The van der Waals surface area contributed by atoms with Crippen LogP contribution in [0.15, 0.2) is 49.1 Å². The van der Waals surface area contributed by atoms with Gasteiger partial charge in [0.1, 0.15) is 11.6 Å². The minimum absolute atomic E-state index is 0.188. The molecule has 1 saturated carbocycles. The van der Waals surface area contributed by atoms with Gasteiger partial charge in [0, 0.05) is 56.0 Å². The largest absolute Gasteiger partial charge is 0.348 e. The Morgan fingerprint density at radius 1 is 0.846 bits per heavy atom. The molecular formula is C31H43N7O. The van der Waals surface area contributed by atoms with Crippen LogP contribution in [0, 0.1) is 5.41 Å². The number of imidazole rings is 2. The Balaban J connectivity index is 1.03. The molecule has 2 saturated heterocycles. The van der Waals surface area contributed by atoms with Gasteiger partial charge in [-0.25, -0.2) is 9.97 Å². The third kappa shape index (κ3) is 6.44. The number of likely N-dealkylation sites (tertiary alicyclic amines) is 2. The van der Waals surface area contributed by atoms with Gasteiger partial charge in [0.15, 0.2) is 0 Å². The quantitative estimate of drug-likeness (QED) is 0.402. The van der Waals surface area contributed by atoms with Crippen LogP contribution in [0.5, 0.6) is 0 Å². The maximum Gasteiger partial charge on any atom is 0.253 e. The van der Waals surface area contributed by atoms with Gasteiger partial charge in [-0.3, -0.25) is 9.69 Å². The Kier molecular flexibility index (Phi) is 8.11. The molecule has 2 aliphatic heterocycles. The smallest absolute Gasteiger partial charge is 0.253 e. The summed E-state index contributed by atoms with van der Waals surface area (Å²) >= 11 is 0. The van der Waals surface area contributed by atoms with E-state index < -0.39 is 0 Å². The normalized spacial score (nSPS) is 20.6. The zero-order valence-electron chi connectivity index (χ0n) is 23.2. The Labute approximate surface area is 232 Å². The molecule has 2 aromatic heterocycles. The summed E-state index contributed by atoms with van der Waals surface area (Å²) in [7, 11) is 0. The van der Waals surface area contributed by atoms with E-state index in [2.05, 4.69) is 46.8 Å². The lowest BCUT2D eigenvalue weighted by Crippen LogP contribution is -2.46. The Bertz CT molecular complexity index is 1120. The molecule has 3 fully saturated rings. The number of hydrogen-bond donors (Lipinski definition) is 2. The fourth-order valence-corrected chi connectivity index (χ4v) is 7.06. The molecule has 1 spiro atoms. The van der Waals surface area contributed by atoms with Gasteiger partial charge in [-0.2, -0.15) is 0 Å². The van der Waals surface area contributed by atoms with Gasteiger partial charge in [0.2, 0.25) is 0 Å². The first-order valence-electron chi connectivity index (χ1n) is 15.0. The van der Waals surface area contributed by atoms with Crippen molar-refractivity contribution in [3.05, 3.63) is 71.8 Å². The number of aromatic nitrogens is 4. The average Bonchev–Trinajstić information content (AvgIpc) is 3.70. The van der Waals surface area contributed by atoms with Crippen molar-refractivity contribution in [2.75, 3.05) is 26.2 Å². The summed E-state index contributed by atoms with van der Waals surface area (Å²) < 4.78 is 0. The molecule has 1 aromatic carbocycles. The summed E-state index contributed by atoms with van der Waals surface area (Å²) in [4.78, 5) is 35.8. The maximum absolute atomic E-state index is 13.5. The molecule has 39 heavy (non-hydrogen) atoms. The van der Waals surface area contributed by atoms with Crippen molar-refractivity contribution < 1.29 is 4.79 Å². The third-order valence-corrected chi connectivity index (χ3v) is 9.39. The standard InChI is InChI=1S/C31H43N7O/c39-30(38-20-13-31(24-38)11-18-37(19-12-31)27-5-3-1-2-4-6-27)26-9-7-25(8-10-26)21-36(22-28-32-14-15-33-28)23-29-34-16-17-35-29/h7-10,14-17,27H,1-6,11-13,18-24H2,(H,32,33)(H,34,35). The van der Waals surface area contributed by atoms with Crippen LogP contribution >= 0.6 is 0 Å². The first kappa shape index (κ1) is 26.3. The second-order valence-electron chi connectivity index (χ2n) is 12.1. The summed E-state index contributed by atoms with van der Waals surface area (Å²) in [5.41, 5.74) is 2.30. The molecule has 8 heteroatoms. The summed E-state index contributed by atoms with van der Waals surface area (Å²) in [6.45, 7) is 6.39. The predicted molar refractivity (Wildman–Crippen MR) is 152 cm³/mol. The lowest BCUT2D eigenvalue weighted by molar-refractivity contribution is 0.0616. The monoisotopic (exact) mass is 529 g/mol. The molecule has 0 radical (unpaired) electrons. The number of hydrogen-bond acceptors (Lipinski definition) is 5. The number of H-pyrrole nitrogens is 2. The van der Waals surface area contributed by atoms with Gasteiger partial charge in [0.25, 0.3) is 5.91 Å². The van der Waals surface area contributed by atoms with Crippen molar-refractivity contribution in [1.29, 1.82) is 0 Å². The fourth-order valence-electron chi connectivity index (χ4n) is 7.06. The number of carbonyl (C=O) groups excluding carboxylic acids is 1. The van der Waals surface area contributed by atoms with Crippen LogP contribution in [0.25, 0.3) is 0 Å². The molecule has 8 nitrogen and oxygen atoms in total. The molecule has 0 atom stereocenters. The summed E-state index contributed by atoms with van der Waals surface area (Å²) in [6, 6.07) is 9.02. The highest BCUT2D eigenvalue weighted by atomic mass is 16.2. The lowest BCUT2D eigenvalue weighted by atomic mass is 9.77. The number of amides is 1. The van der Waals surface area contributed by atoms with E-state index in [1.165, 1.54) is 70.0 Å². The first-order valence-corrected chi connectivity index (χ1v) is 15.0. The highest BCUT2D eigenvalue weighted by Gasteiger charge is 2.43. The van der Waals surface area contributed by atoms with Crippen LogP contribution in [0.2, 0.25) is 0 Å². The summed E-state index contributed by atoms with van der Waals surface area (Å²) in [5.74, 6) is 2.04. The van der Waals surface area contributed by atoms with E-state index in [0.29, 0.717) is 18.5 Å². The van der Waals surface area contributed by atoms with Gasteiger partial charge in [-0.05, 0) is 68.3 Å². The van der Waals surface area contributed by atoms with Gasteiger partial charge < -0.3 is 19.8 Å². The van der Waals surface area contributed by atoms with Crippen LogP contribution in [0.4, 0.5) is 0 Å². The van der Waals surface area contributed by atoms with E-state index in [9.17, 15) is 4.79 Å². The Morgan fingerprint density at radius 3 is 2.05 bits per heavy atom. The molecule has 3 aromatic rings. The second-order valence-corrected chi connectivity index (χ2v) is 12.1. The fraction of sp³-hybridized carbons (Fsp3) is 0.581. The van der Waals surface area contributed by atoms with Crippen LogP contribution in [0.1, 0.15) is 85.4 Å². The van der Waals surface area contributed by atoms with Crippen molar-refractivity contribution in [2.24, 2.45) is 5.41 Å². The topological polar surface area (TPSA) is 84.1 Å². The molecule has 3 aliphatic rings. The number of piperidine rings is 1. The van der Waals surface area contributed by atoms with Crippen LogP contribution in [-0.4, -0.2) is 72.8 Å². The van der Waals surface area contributed by atoms with Crippen LogP contribution < -0.4 is 0 Å². The van der Waals surface area contributed by atoms with Gasteiger partial charge in [-0.1, -0.05) is 37.8 Å². The molecule has 0 unspecified atom stereocenters. The van der Waals surface area contributed by atoms with E-state index in [4.69, 9.17) is 0 Å². The molecular weight excluding hydrogens is 486 g/mol. The van der Waals surface area contributed by atoms with Crippen molar-refractivity contribution in [3.63, 3.8) is 0 Å². The van der Waals surface area contributed by atoms with Gasteiger partial charge >= 0.3 is 0 Å². The zero-order chi connectivity index (χ0) is 26.5. The van der Waals surface area contributed by atoms with Crippen molar-refractivity contribution in [3.8, 4) is 0 Å². The van der Waals surface area contributed by atoms with E-state index in [-0.39, 0.29) is 5.91 Å². The highest BCUT2D eigenvalue weighted by Crippen LogP contribution is 2.42. The minimum Gasteiger partial charge on any atom is -0.348 e. The SMILES string of the molecule is O=C(c1ccc(CN(Cc2ncc[nH]2)Cc2ncc[nH]2)cc1)N1CCC2(CCN(C3CCCCCC3)CC2)C1. The average molecular weight is 530 g/mol. The summed E-state index contributed by atoms with van der Waals surface area (Å²) in [6.07, 6.45) is 19.3. The maximum atomic E-state index is 13.5. The van der Waals surface area contributed by atoms with Crippen molar-refractivity contribution in [1.82, 2.24) is 34.6 Å². The lowest BCUT2D eigenvalue weighted by Gasteiger charge is -2.42. The molecule has 2 N–H and O–H groups in total. The number of nitrogens with zero attached hydrogens (tertiary/aromatic N) is 5. The number of nitrogens with one attached hydrogen (secondary N) is 2. The molecule has 4 heterocycles. The molecule has 6 rings (SSSR count). The summed E-state index contributed by atoms with van der Waals surface area (Å²) in [5, 5.41) is 0. The second kappa shape index (κ2) is 12.0.